The summed E-state index contributed by atoms with van der Waals surface area (Å²) in [5.41, 5.74) is 3.73. The summed E-state index contributed by atoms with van der Waals surface area (Å²) in [7, 11) is 3.91. The molecule has 1 atom stereocenters. The Bertz CT molecular complexity index is 596. The molecule has 20 heavy (non-hydrogen) atoms. The van der Waals surface area contributed by atoms with Crippen LogP contribution < -0.4 is 10.2 Å². The molecule has 1 heterocycles. The number of nitrogens with one attached hydrogen (secondary N) is 1. The van der Waals surface area contributed by atoms with Crippen LogP contribution in [0.2, 0.25) is 0 Å². The van der Waals surface area contributed by atoms with Crippen LogP contribution in [0.4, 0.5) is 11.4 Å². The maximum absolute atomic E-state index is 8.81. The van der Waals surface area contributed by atoms with Gasteiger partial charge in [0.25, 0.3) is 0 Å². The standard InChI is InChI=1S/C16H18N4/c1-12(18-2)16-9-8-15(11-19-16)20(3)14-6-4-13(10-17)5-7-14/h4-9,11-12,18H,1-3H3. The molecule has 1 unspecified atom stereocenters. The van der Waals surface area contributed by atoms with Crippen LogP contribution in [-0.4, -0.2) is 19.1 Å². The Hall–Kier alpha value is -2.38. The summed E-state index contributed by atoms with van der Waals surface area (Å²) in [6.07, 6.45) is 1.86. The monoisotopic (exact) mass is 266 g/mol. The fourth-order valence-electron chi connectivity index (χ4n) is 1.91. The van der Waals surface area contributed by atoms with Gasteiger partial charge in [0.2, 0.25) is 0 Å². The molecular formula is C16H18N4. The van der Waals surface area contributed by atoms with Crippen molar-refractivity contribution in [2.24, 2.45) is 0 Å². The van der Waals surface area contributed by atoms with Crippen molar-refractivity contribution in [2.45, 2.75) is 13.0 Å². The van der Waals surface area contributed by atoms with Gasteiger partial charge in [-0.05, 0) is 50.4 Å². The van der Waals surface area contributed by atoms with Gasteiger partial charge in [-0.1, -0.05) is 0 Å². The molecule has 0 amide bonds. The topological polar surface area (TPSA) is 52.0 Å². The lowest BCUT2D eigenvalue weighted by Crippen LogP contribution is -2.15. The Balaban J connectivity index is 2.20. The Labute approximate surface area is 119 Å². The number of nitrogens with zero attached hydrogens (tertiary/aromatic N) is 3. The zero-order chi connectivity index (χ0) is 14.5. The van der Waals surface area contributed by atoms with Crippen LogP contribution in [0.15, 0.2) is 42.6 Å². The fraction of sp³-hybridized carbons (Fsp3) is 0.250. The summed E-state index contributed by atoms with van der Waals surface area (Å²) < 4.78 is 0. The second-order valence-electron chi connectivity index (χ2n) is 4.67. The second-order valence-corrected chi connectivity index (χ2v) is 4.67. The van der Waals surface area contributed by atoms with E-state index in [4.69, 9.17) is 5.26 Å². The summed E-state index contributed by atoms with van der Waals surface area (Å²) >= 11 is 0. The number of aromatic nitrogens is 1. The molecule has 2 aromatic rings. The molecule has 0 aliphatic heterocycles. The molecule has 102 valence electrons. The number of anilines is 2. The van der Waals surface area contributed by atoms with Gasteiger partial charge >= 0.3 is 0 Å². The fourth-order valence-corrected chi connectivity index (χ4v) is 1.91. The molecule has 4 heteroatoms. The zero-order valence-corrected chi connectivity index (χ0v) is 12.0. The van der Waals surface area contributed by atoms with Gasteiger partial charge in [0.1, 0.15) is 0 Å². The first-order valence-electron chi connectivity index (χ1n) is 6.53. The predicted octanol–water partition coefficient (Wildman–Crippen LogP) is 3.00. The Morgan fingerprint density at radius 2 is 1.80 bits per heavy atom. The lowest BCUT2D eigenvalue weighted by Gasteiger charge is -2.20. The van der Waals surface area contributed by atoms with E-state index in [1.165, 1.54) is 0 Å². The molecule has 0 fully saturated rings. The molecule has 2 rings (SSSR count). The molecule has 0 aliphatic carbocycles. The molecule has 1 aromatic heterocycles. The van der Waals surface area contributed by atoms with Gasteiger partial charge in [0.05, 0.1) is 29.2 Å². The SMILES string of the molecule is CNC(C)c1ccc(N(C)c2ccc(C#N)cc2)cn1. The van der Waals surface area contributed by atoms with E-state index < -0.39 is 0 Å². The predicted molar refractivity (Wildman–Crippen MR) is 80.9 cm³/mol. The third-order valence-electron chi connectivity index (χ3n) is 3.42. The number of hydrogen-bond donors (Lipinski definition) is 1. The van der Waals surface area contributed by atoms with Crippen LogP contribution in [0.3, 0.4) is 0 Å². The Morgan fingerprint density at radius 3 is 2.30 bits per heavy atom. The average molecular weight is 266 g/mol. The van der Waals surface area contributed by atoms with Gasteiger partial charge in [0.15, 0.2) is 0 Å². The van der Waals surface area contributed by atoms with Gasteiger partial charge in [0, 0.05) is 18.8 Å². The highest BCUT2D eigenvalue weighted by molar-refractivity contribution is 5.62. The van der Waals surface area contributed by atoms with Crippen LogP contribution >= 0.6 is 0 Å². The highest BCUT2D eigenvalue weighted by Gasteiger charge is 2.07. The van der Waals surface area contributed by atoms with Crippen molar-refractivity contribution in [3.05, 3.63) is 53.9 Å². The molecule has 0 aliphatic rings. The lowest BCUT2D eigenvalue weighted by molar-refractivity contribution is 0.633. The van der Waals surface area contributed by atoms with E-state index in [1.54, 1.807) is 0 Å². The molecular weight excluding hydrogens is 248 g/mol. The first kappa shape index (κ1) is 14.0. The van der Waals surface area contributed by atoms with Crippen LogP contribution in [-0.2, 0) is 0 Å². The van der Waals surface area contributed by atoms with E-state index in [2.05, 4.69) is 23.3 Å². The van der Waals surface area contributed by atoms with Crippen LogP contribution in [0.25, 0.3) is 0 Å². The second kappa shape index (κ2) is 6.18. The zero-order valence-electron chi connectivity index (χ0n) is 12.0. The maximum atomic E-state index is 8.81. The summed E-state index contributed by atoms with van der Waals surface area (Å²) in [6, 6.07) is 13.9. The number of hydrogen-bond acceptors (Lipinski definition) is 4. The number of rotatable bonds is 4. The number of benzene rings is 1. The lowest BCUT2D eigenvalue weighted by atomic mass is 10.2. The van der Waals surface area contributed by atoms with Gasteiger partial charge in [-0.3, -0.25) is 4.98 Å². The van der Waals surface area contributed by atoms with Crippen molar-refractivity contribution >= 4 is 11.4 Å². The van der Waals surface area contributed by atoms with Gasteiger partial charge in [-0.25, -0.2) is 0 Å². The molecule has 1 N–H and O–H groups in total. The minimum Gasteiger partial charge on any atom is -0.343 e. The highest BCUT2D eigenvalue weighted by atomic mass is 15.1. The van der Waals surface area contributed by atoms with Crippen molar-refractivity contribution in [3.8, 4) is 6.07 Å². The Morgan fingerprint density at radius 1 is 1.15 bits per heavy atom. The summed E-state index contributed by atoms with van der Waals surface area (Å²) in [5.74, 6) is 0. The summed E-state index contributed by atoms with van der Waals surface area (Å²) in [5, 5.41) is 12.0. The van der Waals surface area contributed by atoms with E-state index in [-0.39, 0.29) is 6.04 Å². The van der Waals surface area contributed by atoms with Crippen LogP contribution in [0.1, 0.15) is 24.2 Å². The third-order valence-corrected chi connectivity index (χ3v) is 3.42. The third kappa shape index (κ3) is 2.95. The quantitative estimate of drug-likeness (QED) is 0.924. The van der Waals surface area contributed by atoms with Crippen molar-refractivity contribution in [1.82, 2.24) is 10.3 Å². The molecule has 4 nitrogen and oxygen atoms in total. The van der Waals surface area contributed by atoms with Crippen molar-refractivity contribution in [1.29, 1.82) is 5.26 Å². The first-order valence-corrected chi connectivity index (χ1v) is 6.53. The van der Waals surface area contributed by atoms with Gasteiger partial charge < -0.3 is 10.2 Å². The average Bonchev–Trinajstić information content (AvgIpc) is 2.53. The first-order chi connectivity index (χ1) is 9.65. The Kier molecular flexibility index (Phi) is 4.34. The molecule has 0 spiro atoms. The van der Waals surface area contributed by atoms with E-state index in [0.29, 0.717) is 5.56 Å². The smallest absolute Gasteiger partial charge is 0.0991 e. The van der Waals surface area contributed by atoms with E-state index in [0.717, 1.165) is 17.1 Å². The summed E-state index contributed by atoms with van der Waals surface area (Å²) in [6.45, 7) is 2.08. The van der Waals surface area contributed by atoms with E-state index in [9.17, 15) is 0 Å². The number of nitriles is 1. The molecule has 0 radical (unpaired) electrons. The number of pyridine rings is 1. The summed E-state index contributed by atoms with van der Waals surface area (Å²) in [4.78, 5) is 6.52. The molecule has 0 saturated heterocycles. The normalized spacial score (nSPS) is 11.7. The van der Waals surface area contributed by atoms with Crippen molar-refractivity contribution in [3.63, 3.8) is 0 Å². The van der Waals surface area contributed by atoms with Gasteiger partial charge in [-0.15, -0.1) is 0 Å². The highest BCUT2D eigenvalue weighted by Crippen LogP contribution is 2.23. The maximum Gasteiger partial charge on any atom is 0.0991 e. The van der Waals surface area contributed by atoms with E-state index in [1.807, 2.05) is 61.6 Å². The minimum atomic E-state index is 0.240. The molecule has 1 aromatic carbocycles. The molecule has 0 bridgehead atoms. The molecule has 0 saturated carbocycles. The van der Waals surface area contributed by atoms with Gasteiger partial charge in [-0.2, -0.15) is 5.26 Å². The van der Waals surface area contributed by atoms with Crippen LogP contribution in [0, 0.1) is 11.3 Å². The minimum absolute atomic E-state index is 0.240. The van der Waals surface area contributed by atoms with Crippen LogP contribution in [0.5, 0.6) is 0 Å². The van der Waals surface area contributed by atoms with Crippen molar-refractivity contribution in [2.75, 3.05) is 19.0 Å². The van der Waals surface area contributed by atoms with E-state index >= 15 is 0 Å². The largest absolute Gasteiger partial charge is 0.343 e. The van der Waals surface area contributed by atoms with Crippen molar-refractivity contribution < 1.29 is 0 Å².